The summed E-state index contributed by atoms with van der Waals surface area (Å²) < 4.78 is 0. The number of likely N-dealkylation sites (tertiary alicyclic amines) is 1. The average molecular weight is 420 g/mol. The quantitative estimate of drug-likeness (QED) is 0.512. The van der Waals surface area contributed by atoms with E-state index in [-0.39, 0.29) is 24.4 Å². The van der Waals surface area contributed by atoms with Gasteiger partial charge in [0, 0.05) is 45.7 Å². The zero-order chi connectivity index (χ0) is 21.3. The van der Waals surface area contributed by atoms with Gasteiger partial charge in [0.15, 0.2) is 5.96 Å². The molecule has 1 unspecified atom stereocenters. The van der Waals surface area contributed by atoms with Gasteiger partial charge >= 0.3 is 0 Å². The number of rotatable bonds is 6. The van der Waals surface area contributed by atoms with Gasteiger partial charge in [0.1, 0.15) is 6.54 Å². The lowest BCUT2D eigenvalue weighted by Gasteiger charge is -2.27. The van der Waals surface area contributed by atoms with E-state index in [1.54, 1.807) is 19.0 Å². The molecule has 3 aliphatic rings. The van der Waals surface area contributed by atoms with Crippen molar-refractivity contribution < 1.29 is 9.59 Å². The number of hydrogen-bond donors (Lipinski definition) is 2. The van der Waals surface area contributed by atoms with Crippen LogP contribution in [-0.4, -0.2) is 73.9 Å². The molecule has 1 saturated heterocycles. The summed E-state index contributed by atoms with van der Waals surface area (Å²) >= 11 is 0. The third-order valence-electron chi connectivity index (χ3n) is 6.95. The summed E-state index contributed by atoms with van der Waals surface area (Å²) in [4.78, 5) is 33.0. The molecular weight excluding hydrogens is 378 g/mol. The average Bonchev–Trinajstić information content (AvgIpc) is 3.24. The fourth-order valence-corrected chi connectivity index (χ4v) is 4.95. The Morgan fingerprint density at radius 2 is 1.63 bits per heavy atom. The molecule has 170 valence electrons. The highest BCUT2D eigenvalue weighted by molar-refractivity contribution is 5.85. The number of hydrogen-bond acceptors (Lipinski definition) is 3. The first-order valence-electron chi connectivity index (χ1n) is 12.1. The molecule has 1 aliphatic heterocycles. The Morgan fingerprint density at radius 1 is 0.967 bits per heavy atom. The second kappa shape index (κ2) is 11.6. The predicted octanol–water partition coefficient (Wildman–Crippen LogP) is 2.37. The van der Waals surface area contributed by atoms with Crippen molar-refractivity contribution in [3.05, 3.63) is 0 Å². The summed E-state index contributed by atoms with van der Waals surface area (Å²) in [6.45, 7) is 2.60. The number of guanidine groups is 1. The van der Waals surface area contributed by atoms with Crippen molar-refractivity contribution in [1.82, 2.24) is 20.4 Å². The van der Waals surface area contributed by atoms with Crippen molar-refractivity contribution in [2.24, 2.45) is 16.8 Å². The molecule has 0 radical (unpaired) electrons. The van der Waals surface area contributed by atoms with Crippen molar-refractivity contribution in [3.63, 3.8) is 0 Å². The van der Waals surface area contributed by atoms with Gasteiger partial charge in [-0.3, -0.25) is 9.59 Å². The number of amides is 2. The molecule has 0 bridgehead atoms. The fourth-order valence-electron chi connectivity index (χ4n) is 4.95. The third kappa shape index (κ3) is 6.88. The minimum atomic E-state index is -0.00529. The maximum atomic E-state index is 12.9. The van der Waals surface area contributed by atoms with Crippen molar-refractivity contribution in [2.75, 3.05) is 40.3 Å². The molecule has 0 aromatic rings. The number of nitrogens with zero attached hydrogens (tertiary/aromatic N) is 3. The van der Waals surface area contributed by atoms with Gasteiger partial charge in [-0.15, -0.1) is 0 Å². The van der Waals surface area contributed by atoms with Gasteiger partial charge in [0.25, 0.3) is 0 Å². The first kappa shape index (κ1) is 22.9. The van der Waals surface area contributed by atoms with E-state index < -0.39 is 0 Å². The SMILES string of the molecule is CN(C)C(=O)CN=C(NCC1CCCCC1)NC1CCN(C(=O)C2CCCCC2)C1. The maximum Gasteiger partial charge on any atom is 0.243 e. The molecule has 0 aromatic heterocycles. The lowest BCUT2D eigenvalue weighted by Crippen LogP contribution is -2.47. The maximum absolute atomic E-state index is 12.9. The molecule has 7 nitrogen and oxygen atoms in total. The highest BCUT2D eigenvalue weighted by Crippen LogP contribution is 2.27. The third-order valence-corrected chi connectivity index (χ3v) is 6.95. The highest BCUT2D eigenvalue weighted by atomic mass is 16.2. The van der Waals surface area contributed by atoms with Crippen LogP contribution in [0.1, 0.15) is 70.6 Å². The molecule has 1 heterocycles. The van der Waals surface area contributed by atoms with E-state index in [1.165, 1.54) is 51.4 Å². The molecule has 30 heavy (non-hydrogen) atoms. The molecule has 2 amide bonds. The lowest BCUT2D eigenvalue weighted by molar-refractivity contribution is -0.135. The molecule has 2 aliphatic carbocycles. The Kier molecular flexibility index (Phi) is 8.82. The van der Waals surface area contributed by atoms with Crippen LogP contribution in [0.15, 0.2) is 4.99 Å². The van der Waals surface area contributed by atoms with Crippen molar-refractivity contribution >= 4 is 17.8 Å². The number of carbonyl (C=O) groups is 2. The van der Waals surface area contributed by atoms with Gasteiger partial charge in [0.05, 0.1) is 0 Å². The summed E-state index contributed by atoms with van der Waals surface area (Å²) in [6.07, 6.45) is 13.2. The van der Waals surface area contributed by atoms with Crippen LogP contribution in [0, 0.1) is 11.8 Å². The second-order valence-electron chi connectivity index (χ2n) is 9.59. The summed E-state index contributed by atoms with van der Waals surface area (Å²) in [7, 11) is 3.51. The normalized spacial score (nSPS) is 24.0. The van der Waals surface area contributed by atoms with Crippen LogP contribution >= 0.6 is 0 Å². The molecule has 3 rings (SSSR count). The van der Waals surface area contributed by atoms with Gasteiger partial charge in [-0.05, 0) is 38.0 Å². The Labute approximate surface area is 182 Å². The Balaban J connectivity index is 1.52. The van der Waals surface area contributed by atoms with E-state index in [0.29, 0.717) is 17.8 Å². The van der Waals surface area contributed by atoms with Gasteiger partial charge in [-0.25, -0.2) is 4.99 Å². The molecule has 3 fully saturated rings. The van der Waals surface area contributed by atoms with E-state index in [9.17, 15) is 9.59 Å². The highest BCUT2D eigenvalue weighted by Gasteiger charge is 2.32. The summed E-state index contributed by atoms with van der Waals surface area (Å²) in [5, 5.41) is 6.99. The smallest absolute Gasteiger partial charge is 0.243 e. The molecule has 0 spiro atoms. The topological polar surface area (TPSA) is 77.0 Å². The van der Waals surface area contributed by atoms with Crippen LogP contribution in [0.5, 0.6) is 0 Å². The molecule has 1 atom stereocenters. The number of nitrogens with one attached hydrogen (secondary N) is 2. The largest absolute Gasteiger partial charge is 0.356 e. The van der Waals surface area contributed by atoms with Crippen LogP contribution in [0.25, 0.3) is 0 Å². The zero-order valence-electron chi connectivity index (χ0n) is 19.0. The summed E-state index contributed by atoms with van der Waals surface area (Å²) in [6, 6.07) is 0.199. The van der Waals surface area contributed by atoms with Gasteiger partial charge < -0.3 is 20.4 Å². The minimum absolute atomic E-state index is 0.00529. The van der Waals surface area contributed by atoms with Crippen LogP contribution in [0.2, 0.25) is 0 Å². The van der Waals surface area contributed by atoms with Gasteiger partial charge in [-0.2, -0.15) is 0 Å². The summed E-state index contributed by atoms with van der Waals surface area (Å²) in [5.41, 5.74) is 0. The van der Waals surface area contributed by atoms with E-state index in [4.69, 9.17) is 0 Å². The van der Waals surface area contributed by atoms with Gasteiger partial charge in [0.2, 0.25) is 11.8 Å². The monoisotopic (exact) mass is 419 g/mol. The first-order chi connectivity index (χ1) is 14.5. The fraction of sp³-hybridized carbons (Fsp3) is 0.870. The standard InChI is InChI=1S/C23H41N5O2/c1-27(2)21(29)16-25-23(24-15-18-9-5-3-6-10-18)26-20-13-14-28(17-20)22(30)19-11-7-4-8-12-19/h18-20H,3-17H2,1-2H3,(H2,24,25,26). The lowest BCUT2D eigenvalue weighted by atomic mass is 9.88. The van der Waals surface area contributed by atoms with Crippen LogP contribution in [0.3, 0.4) is 0 Å². The van der Waals surface area contributed by atoms with E-state index in [1.807, 2.05) is 4.90 Å². The predicted molar refractivity (Wildman–Crippen MR) is 120 cm³/mol. The van der Waals surface area contributed by atoms with E-state index in [0.717, 1.165) is 38.9 Å². The Bertz CT molecular complexity index is 594. The number of carbonyl (C=O) groups excluding carboxylic acids is 2. The molecule has 2 N–H and O–H groups in total. The van der Waals surface area contributed by atoms with Crippen molar-refractivity contribution in [1.29, 1.82) is 0 Å². The van der Waals surface area contributed by atoms with Crippen LogP contribution < -0.4 is 10.6 Å². The molecule has 2 saturated carbocycles. The molecule has 0 aromatic carbocycles. The zero-order valence-corrected chi connectivity index (χ0v) is 19.0. The van der Waals surface area contributed by atoms with Gasteiger partial charge in [-0.1, -0.05) is 38.5 Å². The van der Waals surface area contributed by atoms with E-state index >= 15 is 0 Å². The second-order valence-corrected chi connectivity index (χ2v) is 9.59. The van der Waals surface area contributed by atoms with Crippen molar-refractivity contribution in [3.8, 4) is 0 Å². The first-order valence-corrected chi connectivity index (χ1v) is 12.1. The summed E-state index contributed by atoms with van der Waals surface area (Å²) in [5.74, 6) is 1.97. The Hall–Kier alpha value is -1.79. The molecule has 7 heteroatoms. The Morgan fingerprint density at radius 3 is 2.30 bits per heavy atom. The van der Waals surface area contributed by atoms with Crippen molar-refractivity contribution in [2.45, 2.75) is 76.7 Å². The minimum Gasteiger partial charge on any atom is -0.356 e. The number of likely N-dealkylation sites (N-methyl/N-ethyl adjacent to an activating group) is 1. The number of aliphatic imine (C=N–C) groups is 1. The van der Waals surface area contributed by atoms with Crippen LogP contribution in [0.4, 0.5) is 0 Å². The van der Waals surface area contributed by atoms with Crippen LogP contribution in [-0.2, 0) is 9.59 Å². The van der Waals surface area contributed by atoms with E-state index in [2.05, 4.69) is 15.6 Å². The molecular formula is C23H41N5O2.